The van der Waals surface area contributed by atoms with Crippen molar-refractivity contribution in [2.45, 2.75) is 58.9 Å². The fourth-order valence-corrected chi connectivity index (χ4v) is 4.54. The van der Waals surface area contributed by atoms with Crippen LogP contribution in [0.25, 0.3) is 10.9 Å². The number of piperidine rings is 1. The summed E-state index contributed by atoms with van der Waals surface area (Å²) in [5.74, 6) is 0.357. The van der Waals surface area contributed by atoms with Gasteiger partial charge in [-0.2, -0.15) is 5.10 Å². The molecule has 0 aliphatic carbocycles. The Morgan fingerprint density at radius 1 is 1.27 bits per heavy atom. The van der Waals surface area contributed by atoms with E-state index in [1.54, 1.807) is 0 Å². The molecule has 1 aliphatic heterocycles. The van der Waals surface area contributed by atoms with Crippen LogP contribution in [0.1, 0.15) is 60.8 Å². The van der Waals surface area contributed by atoms with Gasteiger partial charge in [0.1, 0.15) is 0 Å². The number of hydrogen-bond donors (Lipinski definition) is 1. The summed E-state index contributed by atoms with van der Waals surface area (Å²) in [5.41, 5.74) is 12.3. The van der Waals surface area contributed by atoms with E-state index >= 15 is 0 Å². The summed E-state index contributed by atoms with van der Waals surface area (Å²) < 4.78 is 1.99. The van der Waals surface area contributed by atoms with E-state index in [9.17, 15) is 4.79 Å². The summed E-state index contributed by atoms with van der Waals surface area (Å²) in [6.45, 7) is 9.72. The van der Waals surface area contributed by atoms with E-state index in [1.807, 2.05) is 46.8 Å². The largest absolute Gasteiger partial charge is 0.397 e. The summed E-state index contributed by atoms with van der Waals surface area (Å²) in [5, 5.41) is 5.68. The molecule has 1 fully saturated rings. The molecule has 6 nitrogen and oxygen atoms in total. The maximum Gasteiger partial charge on any atom is 0.224 e. The highest BCUT2D eigenvalue weighted by molar-refractivity contribution is 5.82. The molecule has 158 valence electrons. The Balaban J connectivity index is 1.49. The lowest BCUT2D eigenvalue weighted by Crippen LogP contribution is -2.40. The van der Waals surface area contributed by atoms with Gasteiger partial charge >= 0.3 is 0 Å². The normalized spacial score (nSPS) is 18.0. The number of nitrogens with zero attached hydrogens (tertiary/aromatic N) is 4. The molecule has 0 radical (unpaired) electrons. The monoisotopic (exact) mass is 405 g/mol. The van der Waals surface area contributed by atoms with Gasteiger partial charge in [0.05, 0.1) is 28.6 Å². The second-order valence-electron chi connectivity index (χ2n) is 8.63. The number of fused-ring (bicyclic) bond motifs is 1. The van der Waals surface area contributed by atoms with E-state index in [0.717, 1.165) is 53.1 Å². The summed E-state index contributed by atoms with van der Waals surface area (Å²) >= 11 is 0. The van der Waals surface area contributed by atoms with Crippen molar-refractivity contribution < 1.29 is 4.79 Å². The van der Waals surface area contributed by atoms with Gasteiger partial charge in [-0.1, -0.05) is 18.2 Å². The molecule has 1 aromatic carbocycles. The average molecular weight is 406 g/mol. The zero-order chi connectivity index (χ0) is 21.4. The van der Waals surface area contributed by atoms with Gasteiger partial charge in [0.25, 0.3) is 0 Å². The minimum Gasteiger partial charge on any atom is -0.397 e. The molecule has 6 heteroatoms. The van der Waals surface area contributed by atoms with Crippen molar-refractivity contribution >= 4 is 22.5 Å². The number of carbonyl (C=O) groups excluding carboxylic acids is 1. The first-order valence-electron chi connectivity index (χ1n) is 10.8. The SMILES string of the molecule is Cc1nn(C(C)CC(=O)N2CCCC(c3nc4ccccc4cc3N)C2)c(C)c1C. The zero-order valence-electron chi connectivity index (χ0n) is 18.4. The molecule has 1 aliphatic rings. The van der Waals surface area contributed by atoms with Gasteiger partial charge in [0.15, 0.2) is 0 Å². The number of carbonyl (C=O) groups is 1. The van der Waals surface area contributed by atoms with Crippen molar-refractivity contribution in [1.29, 1.82) is 0 Å². The van der Waals surface area contributed by atoms with E-state index in [2.05, 4.69) is 25.9 Å². The first kappa shape index (κ1) is 20.4. The minimum absolute atomic E-state index is 0.0362. The standard InChI is InChI=1S/C24H31N5O/c1-15(29-18(4)16(2)17(3)27-29)12-23(30)28-11-7-9-20(14-28)24-21(25)13-19-8-5-6-10-22(19)26-24/h5-6,8,10,13,15,20H,7,9,11-12,14,25H2,1-4H3. The Labute approximate surface area is 178 Å². The molecule has 2 atom stereocenters. The number of nitrogen functional groups attached to an aromatic ring is 1. The van der Waals surface area contributed by atoms with E-state index in [0.29, 0.717) is 13.0 Å². The number of aromatic nitrogens is 3. The maximum atomic E-state index is 13.1. The van der Waals surface area contributed by atoms with Crippen molar-refractivity contribution in [3.8, 4) is 0 Å². The molecule has 1 saturated heterocycles. The predicted octanol–water partition coefficient (Wildman–Crippen LogP) is 4.30. The van der Waals surface area contributed by atoms with E-state index in [4.69, 9.17) is 10.7 Å². The number of nitrogens with two attached hydrogens (primary N) is 1. The van der Waals surface area contributed by atoms with Crippen LogP contribution in [0.5, 0.6) is 0 Å². The van der Waals surface area contributed by atoms with Gasteiger partial charge in [-0.3, -0.25) is 14.5 Å². The molecule has 2 unspecified atom stereocenters. The van der Waals surface area contributed by atoms with Crippen molar-refractivity contribution in [2.75, 3.05) is 18.8 Å². The molecule has 0 spiro atoms. The lowest BCUT2D eigenvalue weighted by molar-refractivity contribution is -0.133. The quantitative estimate of drug-likeness (QED) is 0.702. The first-order chi connectivity index (χ1) is 14.3. The Bertz CT molecular complexity index is 1090. The molecule has 3 aromatic rings. The number of pyridine rings is 1. The van der Waals surface area contributed by atoms with Crippen LogP contribution in [-0.2, 0) is 4.79 Å². The molecule has 0 bridgehead atoms. The third-order valence-corrected chi connectivity index (χ3v) is 6.52. The fraction of sp³-hybridized carbons (Fsp3) is 0.458. The van der Waals surface area contributed by atoms with Gasteiger partial charge in [-0.15, -0.1) is 0 Å². The number of aryl methyl sites for hydroxylation is 1. The van der Waals surface area contributed by atoms with Crippen LogP contribution in [0.2, 0.25) is 0 Å². The Morgan fingerprint density at radius 3 is 2.77 bits per heavy atom. The molecule has 4 rings (SSSR count). The number of likely N-dealkylation sites (tertiary alicyclic amines) is 1. The maximum absolute atomic E-state index is 13.1. The number of hydrogen-bond acceptors (Lipinski definition) is 4. The van der Waals surface area contributed by atoms with Gasteiger partial charge in [0, 0.05) is 36.5 Å². The molecular weight excluding hydrogens is 374 g/mol. The highest BCUT2D eigenvalue weighted by atomic mass is 16.2. The number of amides is 1. The smallest absolute Gasteiger partial charge is 0.224 e. The summed E-state index contributed by atoms with van der Waals surface area (Å²) in [4.78, 5) is 19.9. The minimum atomic E-state index is 0.0362. The highest BCUT2D eigenvalue weighted by Crippen LogP contribution is 2.32. The molecule has 3 heterocycles. The van der Waals surface area contributed by atoms with Crippen molar-refractivity contribution in [3.05, 3.63) is 53.0 Å². The van der Waals surface area contributed by atoms with Gasteiger partial charge < -0.3 is 10.6 Å². The Kier molecular flexibility index (Phi) is 5.50. The second-order valence-corrected chi connectivity index (χ2v) is 8.63. The van der Waals surface area contributed by atoms with Crippen molar-refractivity contribution in [3.63, 3.8) is 0 Å². The molecule has 1 amide bonds. The number of anilines is 1. The van der Waals surface area contributed by atoms with Crippen molar-refractivity contribution in [1.82, 2.24) is 19.7 Å². The fourth-order valence-electron chi connectivity index (χ4n) is 4.54. The van der Waals surface area contributed by atoms with Crippen LogP contribution in [0.15, 0.2) is 30.3 Å². The topological polar surface area (TPSA) is 77.0 Å². The number of para-hydroxylation sites is 1. The van der Waals surface area contributed by atoms with Gasteiger partial charge in [-0.25, -0.2) is 0 Å². The molecule has 30 heavy (non-hydrogen) atoms. The number of rotatable bonds is 4. The molecule has 2 N–H and O–H groups in total. The summed E-state index contributed by atoms with van der Waals surface area (Å²) in [6, 6.07) is 10.1. The van der Waals surface area contributed by atoms with Crippen molar-refractivity contribution in [2.24, 2.45) is 0 Å². The van der Waals surface area contributed by atoms with Crippen LogP contribution >= 0.6 is 0 Å². The molecule has 0 saturated carbocycles. The third-order valence-electron chi connectivity index (χ3n) is 6.52. The van der Waals surface area contributed by atoms with Crippen LogP contribution in [0.3, 0.4) is 0 Å². The summed E-state index contributed by atoms with van der Waals surface area (Å²) in [7, 11) is 0. The summed E-state index contributed by atoms with van der Waals surface area (Å²) in [6.07, 6.45) is 2.43. The lowest BCUT2D eigenvalue weighted by atomic mass is 9.92. The third kappa shape index (κ3) is 3.78. The highest BCUT2D eigenvalue weighted by Gasteiger charge is 2.28. The van der Waals surface area contributed by atoms with Crippen LogP contribution in [0.4, 0.5) is 5.69 Å². The number of benzene rings is 1. The van der Waals surface area contributed by atoms with Gasteiger partial charge in [-0.05, 0) is 58.2 Å². The predicted molar refractivity (Wildman–Crippen MR) is 120 cm³/mol. The first-order valence-corrected chi connectivity index (χ1v) is 10.8. The second kappa shape index (κ2) is 8.09. The zero-order valence-corrected chi connectivity index (χ0v) is 18.4. The van der Waals surface area contributed by atoms with E-state index in [1.165, 1.54) is 5.56 Å². The lowest BCUT2D eigenvalue weighted by Gasteiger charge is -2.33. The van der Waals surface area contributed by atoms with E-state index in [-0.39, 0.29) is 17.9 Å². The molecular formula is C24H31N5O. The van der Waals surface area contributed by atoms with Crippen LogP contribution < -0.4 is 5.73 Å². The molecule has 2 aromatic heterocycles. The Hall–Kier alpha value is -2.89. The van der Waals surface area contributed by atoms with E-state index < -0.39 is 0 Å². The van der Waals surface area contributed by atoms with Crippen LogP contribution in [-0.4, -0.2) is 38.7 Å². The van der Waals surface area contributed by atoms with Crippen LogP contribution in [0, 0.1) is 20.8 Å². The average Bonchev–Trinajstić information content (AvgIpc) is 3.00. The Morgan fingerprint density at radius 2 is 2.03 bits per heavy atom. The van der Waals surface area contributed by atoms with Gasteiger partial charge in [0.2, 0.25) is 5.91 Å².